The van der Waals surface area contributed by atoms with Crippen molar-refractivity contribution in [3.63, 3.8) is 0 Å². The third-order valence-electron chi connectivity index (χ3n) is 4.51. The number of aromatic nitrogens is 3. The molecule has 7 heteroatoms. The molecular weight excluding hydrogens is 290 g/mol. The molecule has 0 aliphatic carbocycles. The zero-order chi connectivity index (χ0) is 16.8. The van der Waals surface area contributed by atoms with Crippen molar-refractivity contribution in [2.75, 3.05) is 19.6 Å². The zero-order valence-electron chi connectivity index (χ0n) is 15.1. The van der Waals surface area contributed by atoms with E-state index in [1.807, 2.05) is 18.5 Å². The Morgan fingerprint density at radius 3 is 2.52 bits per heavy atom. The second-order valence-electron chi connectivity index (χ2n) is 6.47. The van der Waals surface area contributed by atoms with E-state index in [1.54, 1.807) is 0 Å². The number of guanidine groups is 1. The molecule has 0 amide bonds. The standard InChI is InChI=1S/C16H31N7/c1-6-17-16(18-11-15-21-20-13(4)22(15)5)19-14-7-9-23(10-8-14)12(2)3/h12,14H,6-11H2,1-5H3,(H2,17,18,19). The highest BCUT2D eigenvalue weighted by Gasteiger charge is 2.21. The zero-order valence-corrected chi connectivity index (χ0v) is 15.1. The maximum absolute atomic E-state index is 4.66. The van der Waals surface area contributed by atoms with Crippen molar-refractivity contribution >= 4 is 5.96 Å². The first-order valence-electron chi connectivity index (χ1n) is 8.65. The summed E-state index contributed by atoms with van der Waals surface area (Å²) in [6, 6.07) is 1.13. The molecule has 1 fully saturated rings. The minimum atomic E-state index is 0.490. The highest BCUT2D eigenvalue weighted by molar-refractivity contribution is 5.80. The molecule has 23 heavy (non-hydrogen) atoms. The highest BCUT2D eigenvalue weighted by Crippen LogP contribution is 2.12. The van der Waals surface area contributed by atoms with Gasteiger partial charge >= 0.3 is 0 Å². The summed E-state index contributed by atoms with van der Waals surface area (Å²) < 4.78 is 1.98. The lowest BCUT2D eigenvalue weighted by molar-refractivity contribution is 0.167. The maximum Gasteiger partial charge on any atom is 0.191 e. The summed E-state index contributed by atoms with van der Waals surface area (Å²) in [5.74, 6) is 2.67. The molecule has 1 saturated heterocycles. The Kier molecular flexibility index (Phi) is 6.38. The lowest BCUT2D eigenvalue weighted by Gasteiger charge is -2.35. The van der Waals surface area contributed by atoms with Crippen molar-refractivity contribution in [1.29, 1.82) is 0 Å². The molecule has 1 aromatic heterocycles. The fourth-order valence-corrected chi connectivity index (χ4v) is 2.81. The number of aryl methyl sites for hydroxylation is 1. The largest absolute Gasteiger partial charge is 0.357 e. The van der Waals surface area contributed by atoms with Gasteiger partial charge in [0.15, 0.2) is 11.8 Å². The number of hydrogen-bond acceptors (Lipinski definition) is 4. The minimum absolute atomic E-state index is 0.490. The van der Waals surface area contributed by atoms with E-state index in [1.165, 1.54) is 0 Å². The van der Waals surface area contributed by atoms with Crippen LogP contribution in [0.5, 0.6) is 0 Å². The molecule has 0 aromatic carbocycles. The lowest BCUT2D eigenvalue weighted by atomic mass is 10.0. The van der Waals surface area contributed by atoms with Crippen molar-refractivity contribution < 1.29 is 0 Å². The van der Waals surface area contributed by atoms with Crippen LogP contribution in [0.1, 0.15) is 45.3 Å². The molecule has 0 saturated carbocycles. The second kappa shape index (κ2) is 8.29. The summed E-state index contributed by atoms with van der Waals surface area (Å²) in [5.41, 5.74) is 0. The number of nitrogens with one attached hydrogen (secondary N) is 2. The van der Waals surface area contributed by atoms with E-state index < -0.39 is 0 Å². The molecule has 7 nitrogen and oxygen atoms in total. The van der Waals surface area contributed by atoms with Crippen molar-refractivity contribution in [3.8, 4) is 0 Å². The lowest BCUT2D eigenvalue weighted by Crippen LogP contribution is -2.49. The van der Waals surface area contributed by atoms with E-state index in [2.05, 4.69) is 51.5 Å². The van der Waals surface area contributed by atoms with E-state index in [0.29, 0.717) is 18.6 Å². The topological polar surface area (TPSA) is 70.4 Å². The van der Waals surface area contributed by atoms with Crippen molar-refractivity contribution in [2.45, 2.75) is 59.2 Å². The molecule has 0 bridgehead atoms. The van der Waals surface area contributed by atoms with Gasteiger partial charge in [-0.1, -0.05) is 0 Å². The predicted molar refractivity (Wildman–Crippen MR) is 93.4 cm³/mol. The Labute approximate surface area is 139 Å². The van der Waals surface area contributed by atoms with E-state index in [9.17, 15) is 0 Å². The first-order chi connectivity index (χ1) is 11.0. The molecule has 2 rings (SSSR count). The first kappa shape index (κ1) is 17.7. The monoisotopic (exact) mass is 321 g/mol. The van der Waals surface area contributed by atoms with Crippen LogP contribution in [0.3, 0.4) is 0 Å². The fraction of sp³-hybridized carbons (Fsp3) is 0.812. The number of nitrogens with zero attached hydrogens (tertiary/aromatic N) is 5. The van der Waals surface area contributed by atoms with E-state index in [-0.39, 0.29) is 0 Å². The van der Waals surface area contributed by atoms with Gasteiger partial charge in [0.1, 0.15) is 12.4 Å². The summed E-state index contributed by atoms with van der Waals surface area (Å²) in [6.07, 6.45) is 2.32. The van der Waals surface area contributed by atoms with Crippen LogP contribution >= 0.6 is 0 Å². The normalized spacial score (nSPS) is 17.7. The Hall–Kier alpha value is -1.63. The van der Waals surface area contributed by atoms with Gasteiger partial charge in [0.25, 0.3) is 0 Å². The van der Waals surface area contributed by atoms with Crippen LogP contribution in [0, 0.1) is 6.92 Å². The van der Waals surface area contributed by atoms with Gasteiger partial charge < -0.3 is 20.1 Å². The molecule has 130 valence electrons. The van der Waals surface area contributed by atoms with E-state index in [4.69, 9.17) is 0 Å². The van der Waals surface area contributed by atoms with Crippen LogP contribution in [-0.2, 0) is 13.6 Å². The van der Waals surface area contributed by atoms with Crippen LogP contribution in [0.25, 0.3) is 0 Å². The quantitative estimate of drug-likeness (QED) is 0.627. The Balaban J connectivity index is 1.91. The molecule has 0 radical (unpaired) electrons. The average Bonchev–Trinajstić information content (AvgIpc) is 2.85. The number of piperidine rings is 1. The predicted octanol–water partition coefficient (Wildman–Crippen LogP) is 1.05. The number of likely N-dealkylation sites (tertiary alicyclic amines) is 1. The van der Waals surface area contributed by atoms with Gasteiger partial charge in [-0.3, -0.25) is 0 Å². The van der Waals surface area contributed by atoms with Gasteiger partial charge in [-0.15, -0.1) is 10.2 Å². The smallest absolute Gasteiger partial charge is 0.191 e. The van der Waals surface area contributed by atoms with Gasteiger partial charge in [-0.2, -0.15) is 0 Å². The van der Waals surface area contributed by atoms with Gasteiger partial charge in [0.2, 0.25) is 0 Å². The average molecular weight is 321 g/mol. The third-order valence-corrected chi connectivity index (χ3v) is 4.51. The first-order valence-corrected chi connectivity index (χ1v) is 8.65. The van der Waals surface area contributed by atoms with Gasteiger partial charge in [0.05, 0.1) is 0 Å². The third kappa shape index (κ3) is 4.92. The highest BCUT2D eigenvalue weighted by atomic mass is 15.3. The van der Waals surface area contributed by atoms with Gasteiger partial charge in [-0.25, -0.2) is 4.99 Å². The molecule has 1 aliphatic rings. The van der Waals surface area contributed by atoms with Crippen LogP contribution in [0.15, 0.2) is 4.99 Å². The number of rotatable bonds is 5. The second-order valence-corrected chi connectivity index (χ2v) is 6.47. The molecule has 1 aromatic rings. The van der Waals surface area contributed by atoms with Crippen LogP contribution in [0.4, 0.5) is 0 Å². The number of hydrogen-bond donors (Lipinski definition) is 2. The fourth-order valence-electron chi connectivity index (χ4n) is 2.81. The summed E-state index contributed by atoms with van der Waals surface area (Å²) >= 11 is 0. The molecular formula is C16H31N7. The summed E-state index contributed by atoms with van der Waals surface area (Å²) in [7, 11) is 1.97. The van der Waals surface area contributed by atoms with Crippen molar-refractivity contribution in [1.82, 2.24) is 30.3 Å². The van der Waals surface area contributed by atoms with Crippen molar-refractivity contribution in [2.24, 2.45) is 12.0 Å². The van der Waals surface area contributed by atoms with Crippen LogP contribution in [-0.4, -0.2) is 57.3 Å². The SMILES string of the molecule is CCNC(=NCc1nnc(C)n1C)NC1CCN(C(C)C)CC1. The van der Waals surface area contributed by atoms with E-state index >= 15 is 0 Å². The van der Waals surface area contributed by atoms with Crippen LogP contribution < -0.4 is 10.6 Å². The summed E-state index contributed by atoms with van der Waals surface area (Å²) in [6.45, 7) is 12.3. The molecule has 0 atom stereocenters. The van der Waals surface area contributed by atoms with Crippen molar-refractivity contribution in [3.05, 3.63) is 11.6 Å². The number of aliphatic imine (C=N–C) groups is 1. The Morgan fingerprint density at radius 2 is 2.00 bits per heavy atom. The van der Waals surface area contributed by atoms with Gasteiger partial charge in [-0.05, 0) is 40.5 Å². The molecule has 2 heterocycles. The molecule has 0 spiro atoms. The minimum Gasteiger partial charge on any atom is -0.357 e. The summed E-state index contributed by atoms with van der Waals surface area (Å²) in [5, 5.41) is 15.1. The van der Waals surface area contributed by atoms with Crippen LogP contribution in [0.2, 0.25) is 0 Å². The molecule has 2 N–H and O–H groups in total. The molecule has 1 aliphatic heterocycles. The Bertz CT molecular complexity index is 512. The Morgan fingerprint density at radius 1 is 1.30 bits per heavy atom. The van der Waals surface area contributed by atoms with Gasteiger partial charge in [0, 0.05) is 38.8 Å². The molecule has 0 unspecified atom stereocenters. The van der Waals surface area contributed by atoms with E-state index in [0.717, 1.165) is 50.1 Å². The maximum atomic E-state index is 4.66. The summed E-state index contributed by atoms with van der Waals surface area (Å²) in [4.78, 5) is 7.20.